The van der Waals surface area contributed by atoms with Crippen LogP contribution in [0.4, 0.5) is 9.18 Å². The number of ether oxygens (including phenoxy) is 2. The van der Waals surface area contributed by atoms with Crippen molar-refractivity contribution >= 4 is 17.6 Å². The lowest BCUT2D eigenvalue weighted by Gasteiger charge is -2.27. The number of carbonyl (C=O) groups excluding carboxylic acids is 2. The van der Waals surface area contributed by atoms with Crippen molar-refractivity contribution < 1.29 is 23.5 Å². The molecule has 3 amide bonds. The summed E-state index contributed by atoms with van der Waals surface area (Å²) in [6, 6.07) is 10.5. The molecule has 0 spiro atoms. The van der Waals surface area contributed by atoms with Crippen molar-refractivity contribution in [3.8, 4) is 11.5 Å². The zero-order chi connectivity index (χ0) is 25.0. The van der Waals surface area contributed by atoms with Gasteiger partial charge in [-0.15, -0.1) is 0 Å². The number of likely N-dealkylation sites (N-methyl/N-ethyl adjacent to an activating group) is 1. The molecule has 8 nitrogen and oxygen atoms in total. The number of methoxy groups -OCH3 is 2. The largest absolute Gasteiger partial charge is 0.497 e. The molecule has 9 heteroatoms. The van der Waals surface area contributed by atoms with E-state index >= 15 is 0 Å². The third-order valence-corrected chi connectivity index (χ3v) is 5.34. The summed E-state index contributed by atoms with van der Waals surface area (Å²) in [5.41, 5.74) is 1.67. The molecule has 0 saturated carbocycles. The van der Waals surface area contributed by atoms with Crippen molar-refractivity contribution in [2.24, 2.45) is 5.10 Å². The maximum Gasteiger partial charge on any atom is 0.318 e. The Bertz CT molecular complexity index is 1080. The van der Waals surface area contributed by atoms with Crippen molar-refractivity contribution in [2.45, 2.75) is 38.8 Å². The molecule has 0 fully saturated rings. The number of halogens is 1. The average molecular weight is 471 g/mol. The summed E-state index contributed by atoms with van der Waals surface area (Å²) >= 11 is 0. The van der Waals surface area contributed by atoms with Gasteiger partial charge < -0.3 is 19.7 Å². The highest BCUT2D eigenvalue weighted by Gasteiger charge is 2.35. The second-order valence-electron chi connectivity index (χ2n) is 9.16. The van der Waals surface area contributed by atoms with Crippen molar-refractivity contribution in [3.63, 3.8) is 0 Å². The number of hydrazone groups is 1. The SMILES string of the molecule is COc1ccc(C2=NN(C(=O)CN(C)C(=O)NC(C)(C)C)[C@H](c3ccc(F)cc3)C2)c(OC)c1. The van der Waals surface area contributed by atoms with Gasteiger partial charge in [0.25, 0.3) is 5.91 Å². The summed E-state index contributed by atoms with van der Waals surface area (Å²) in [4.78, 5) is 27.1. The first-order chi connectivity index (χ1) is 16.0. The summed E-state index contributed by atoms with van der Waals surface area (Å²) in [6.07, 6.45) is 0.401. The number of rotatable bonds is 6. The number of carbonyl (C=O) groups is 2. The molecule has 1 atom stereocenters. The Hall–Kier alpha value is -3.62. The lowest BCUT2D eigenvalue weighted by atomic mass is 9.97. The highest BCUT2D eigenvalue weighted by molar-refractivity contribution is 6.05. The number of amides is 3. The van der Waals surface area contributed by atoms with E-state index in [1.807, 2.05) is 26.8 Å². The molecule has 2 aromatic carbocycles. The van der Waals surface area contributed by atoms with Gasteiger partial charge >= 0.3 is 6.03 Å². The molecular weight excluding hydrogens is 439 g/mol. The number of benzene rings is 2. The predicted octanol–water partition coefficient (Wildman–Crippen LogP) is 3.96. The Kier molecular flexibility index (Phi) is 7.44. The first-order valence-corrected chi connectivity index (χ1v) is 10.9. The standard InChI is InChI=1S/C25H31FN4O4/c1-25(2,3)27-24(32)29(4)15-23(31)30-21(16-7-9-17(26)10-8-16)14-20(28-30)19-12-11-18(33-5)13-22(19)34-6/h7-13,21H,14-15H2,1-6H3,(H,27,32)/t21-/m0/s1. The molecule has 0 aliphatic carbocycles. The first kappa shape index (κ1) is 25.0. The Morgan fingerprint density at radius 2 is 1.82 bits per heavy atom. The second-order valence-corrected chi connectivity index (χ2v) is 9.16. The van der Waals surface area contributed by atoms with E-state index in [1.165, 1.54) is 22.0 Å². The number of nitrogens with one attached hydrogen (secondary N) is 1. The number of hydrogen-bond donors (Lipinski definition) is 1. The molecule has 0 bridgehead atoms. The Labute approximate surface area is 199 Å². The van der Waals surface area contributed by atoms with Gasteiger partial charge in [0.05, 0.1) is 26.0 Å². The highest BCUT2D eigenvalue weighted by atomic mass is 19.1. The van der Waals surface area contributed by atoms with Gasteiger partial charge in [0.15, 0.2) is 0 Å². The summed E-state index contributed by atoms with van der Waals surface area (Å²) in [6.45, 7) is 5.43. The van der Waals surface area contributed by atoms with Gasteiger partial charge in [-0.1, -0.05) is 12.1 Å². The van der Waals surface area contributed by atoms with Crippen LogP contribution in [0.3, 0.4) is 0 Å². The van der Waals surface area contributed by atoms with Crippen LogP contribution in [0.5, 0.6) is 11.5 Å². The maximum atomic E-state index is 13.5. The van der Waals surface area contributed by atoms with Crippen molar-refractivity contribution in [1.82, 2.24) is 15.2 Å². The molecule has 182 valence electrons. The zero-order valence-electron chi connectivity index (χ0n) is 20.4. The van der Waals surface area contributed by atoms with Crippen LogP contribution in [0.25, 0.3) is 0 Å². The molecule has 34 heavy (non-hydrogen) atoms. The van der Waals surface area contributed by atoms with Gasteiger partial charge in [0, 0.05) is 30.6 Å². The monoisotopic (exact) mass is 470 g/mol. The zero-order valence-corrected chi connectivity index (χ0v) is 20.4. The van der Waals surface area contributed by atoms with Crippen molar-refractivity contribution in [1.29, 1.82) is 0 Å². The summed E-state index contributed by atoms with van der Waals surface area (Å²) in [5, 5.41) is 8.82. The minimum atomic E-state index is -0.450. The number of nitrogens with zero attached hydrogens (tertiary/aromatic N) is 3. The summed E-state index contributed by atoms with van der Waals surface area (Å²) in [5.74, 6) is 0.472. The molecule has 3 rings (SSSR count). The quantitative estimate of drug-likeness (QED) is 0.693. The summed E-state index contributed by atoms with van der Waals surface area (Å²) < 4.78 is 24.3. The van der Waals surface area contributed by atoms with Crippen LogP contribution in [-0.2, 0) is 4.79 Å². The van der Waals surface area contributed by atoms with E-state index in [-0.39, 0.29) is 24.3 Å². The van der Waals surface area contributed by atoms with Gasteiger partial charge in [0.1, 0.15) is 23.9 Å². The van der Waals surface area contributed by atoms with E-state index in [4.69, 9.17) is 9.47 Å². The maximum absolute atomic E-state index is 13.5. The van der Waals surface area contributed by atoms with Crippen LogP contribution in [0, 0.1) is 5.82 Å². The minimum Gasteiger partial charge on any atom is -0.497 e. The smallest absolute Gasteiger partial charge is 0.318 e. The lowest BCUT2D eigenvalue weighted by Crippen LogP contribution is -2.49. The Morgan fingerprint density at radius 3 is 2.41 bits per heavy atom. The Morgan fingerprint density at radius 1 is 1.15 bits per heavy atom. The minimum absolute atomic E-state index is 0.171. The third-order valence-electron chi connectivity index (χ3n) is 5.34. The highest BCUT2D eigenvalue weighted by Crippen LogP contribution is 2.36. The topological polar surface area (TPSA) is 83.5 Å². The van der Waals surface area contributed by atoms with E-state index in [0.29, 0.717) is 23.6 Å². The van der Waals surface area contributed by atoms with E-state index in [0.717, 1.165) is 11.1 Å². The van der Waals surface area contributed by atoms with Crippen LogP contribution >= 0.6 is 0 Å². The van der Waals surface area contributed by atoms with E-state index in [9.17, 15) is 14.0 Å². The van der Waals surface area contributed by atoms with Crippen LogP contribution in [0.15, 0.2) is 47.6 Å². The van der Waals surface area contributed by atoms with Crippen LogP contribution in [-0.4, -0.2) is 60.9 Å². The normalized spacial score (nSPS) is 15.6. The van der Waals surface area contributed by atoms with Crippen molar-refractivity contribution in [2.75, 3.05) is 27.8 Å². The van der Waals surface area contributed by atoms with Gasteiger partial charge in [0.2, 0.25) is 0 Å². The molecule has 0 radical (unpaired) electrons. The van der Waals surface area contributed by atoms with Gasteiger partial charge in [-0.25, -0.2) is 14.2 Å². The van der Waals surface area contributed by atoms with Crippen molar-refractivity contribution in [3.05, 3.63) is 59.4 Å². The molecular formula is C25H31FN4O4. The number of hydrogen-bond acceptors (Lipinski definition) is 5. The Balaban J connectivity index is 1.91. The molecule has 0 aromatic heterocycles. The van der Waals surface area contributed by atoms with Gasteiger partial charge in [-0.05, 0) is 50.6 Å². The predicted molar refractivity (Wildman–Crippen MR) is 128 cm³/mol. The molecule has 1 N–H and O–H groups in total. The van der Waals surface area contributed by atoms with E-state index < -0.39 is 11.6 Å². The molecule has 1 heterocycles. The molecule has 1 aliphatic rings. The number of urea groups is 1. The lowest BCUT2D eigenvalue weighted by molar-refractivity contribution is -0.133. The van der Waals surface area contributed by atoms with Gasteiger partial charge in [-0.3, -0.25) is 4.79 Å². The molecule has 2 aromatic rings. The fourth-order valence-corrected chi connectivity index (χ4v) is 3.65. The second kappa shape index (κ2) is 10.1. The fraction of sp³-hybridized carbons (Fsp3) is 0.400. The van der Waals surface area contributed by atoms with Crippen LogP contribution in [0.1, 0.15) is 44.4 Å². The molecule has 0 saturated heterocycles. The van der Waals surface area contributed by atoms with E-state index in [1.54, 1.807) is 45.5 Å². The third kappa shape index (κ3) is 5.84. The molecule has 0 unspecified atom stereocenters. The first-order valence-electron chi connectivity index (χ1n) is 10.9. The van der Waals surface area contributed by atoms with Crippen LogP contribution in [0.2, 0.25) is 0 Å². The average Bonchev–Trinajstić information content (AvgIpc) is 3.23. The van der Waals surface area contributed by atoms with Crippen LogP contribution < -0.4 is 14.8 Å². The molecule has 1 aliphatic heterocycles. The fourth-order valence-electron chi connectivity index (χ4n) is 3.65. The van der Waals surface area contributed by atoms with E-state index in [2.05, 4.69) is 10.4 Å². The van der Waals surface area contributed by atoms with Gasteiger partial charge in [-0.2, -0.15) is 5.10 Å². The summed E-state index contributed by atoms with van der Waals surface area (Å²) in [7, 11) is 4.68.